The van der Waals surface area contributed by atoms with E-state index in [9.17, 15) is 4.79 Å². The number of anilines is 3. The number of nitrogens with zero attached hydrogens (tertiary/aromatic N) is 1. The van der Waals surface area contributed by atoms with Crippen molar-refractivity contribution < 1.29 is 4.79 Å². The number of carbonyl (C=O) groups is 1. The van der Waals surface area contributed by atoms with Crippen LogP contribution in [-0.2, 0) is 5.41 Å². The van der Waals surface area contributed by atoms with E-state index in [0.717, 1.165) is 22.3 Å². The van der Waals surface area contributed by atoms with Crippen molar-refractivity contribution in [2.24, 2.45) is 0 Å². The second-order valence-corrected chi connectivity index (χ2v) is 14.0. The summed E-state index contributed by atoms with van der Waals surface area (Å²) in [7, 11) is 0. The van der Waals surface area contributed by atoms with Crippen molar-refractivity contribution in [1.29, 1.82) is 0 Å². The Bertz CT molecular complexity index is 2110. The molecule has 204 valence electrons. The van der Waals surface area contributed by atoms with Crippen LogP contribution in [0.2, 0.25) is 0 Å². The van der Waals surface area contributed by atoms with Crippen LogP contribution in [0.25, 0.3) is 11.1 Å². The molecule has 1 spiro atoms. The average Bonchev–Trinajstić information content (AvgIpc) is 3.04. The first-order chi connectivity index (χ1) is 21.1. The normalized spacial score (nSPS) is 14.8. The van der Waals surface area contributed by atoms with Gasteiger partial charge in [0.2, 0.25) is 0 Å². The molecule has 2 heterocycles. The third-order valence-electron chi connectivity index (χ3n) is 9.52. The van der Waals surface area contributed by atoms with E-state index in [-0.39, 0.29) is 20.7 Å². The number of carbonyl (C=O) groups excluding carboxylic acids is 1. The Balaban J connectivity index is 1.48. The molecule has 0 fully saturated rings. The molecule has 3 heteroatoms. The second-order valence-electron chi connectivity index (χ2n) is 11.7. The van der Waals surface area contributed by atoms with E-state index in [1.807, 2.05) is 24.3 Å². The van der Waals surface area contributed by atoms with Gasteiger partial charge in [-0.1, -0.05) is 0 Å². The molecule has 0 bridgehead atoms. The molecular formula is C40H27NOSe. The van der Waals surface area contributed by atoms with Gasteiger partial charge in [0.25, 0.3) is 0 Å². The Morgan fingerprint density at radius 1 is 0.558 bits per heavy atom. The number of ketones is 1. The van der Waals surface area contributed by atoms with Crippen molar-refractivity contribution in [1.82, 2.24) is 0 Å². The summed E-state index contributed by atoms with van der Waals surface area (Å²) in [6, 6.07) is 45.9. The van der Waals surface area contributed by atoms with Crippen LogP contribution >= 0.6 is 0 Å². The van der Waals surface area contributed by atoms with Crippen molar-refractivity contribution in [3.05, 3.63) is 172 Å². The van der Waals surface area contributed by atoms with Crippen molar-refractivity contribution in [2.45, 2.75) is 19.3 Å². The van der Waals surface area contributed by atoms with Crippen molar-refractivity contribution >= 4 is 46.7 Å². The van der Waals surface area contributed by atoms with Crippen LogP contribution in [0.5, 0.6) is 0 Å². The monoisotopic (exact) mass is 617 g/mol. The molecule has 0 amide bonds. The first-order valence-electron chi connectivity index (χ1n) is 14.7. The fraction of sp³-hybridized carbons (Fsp3) is 0.0750. The molecule has 2 aliphatic heterocycles. The summed E-state index contributed by atoms with van der Waals surface area (Å²) < 4.78 is 2.76. The molecule has 9 rings (SSSR count). The minimum absolute atomic E-state index is 0.104. The van der Waals surface area contributed by atoms with Gasteiger partial charge in [-0.3, -0.25) is 0 Å². The Morgan fingerprint density at radius 2 is 1.16 bits per heavy atom. The molecule has 1 aliphatic carbocycles. The molecule has 2 nitrogen and oxygen atoms in total. The number of hydrogen-bond donors (Lipinski definition) is 0. The average molecular weight is 617 g/mol. The topological polar surface area (TPSA) is 20.3 Å². The Hall–Kier alpha value is -4.69. The van der Waals surface area contributed by atoms with Crippen molar-refractivity contribution in [3.63, 3.8) is 0 Å². The van der Waals surface area contributed by atoms with Gasteiger partial charge in [0.05, 0.1) is 0 Å². The molecule has 0 radical (unpaired) electrons. The summed E-state index contributed by atoms with van der Waals surface area (Å²) in [4.78, 5) is 16.5. The Kier molecular flexibility index (Phi) is 5.15. The van der Waals surface area contributed by atoms with Gasteiger partial charge in [-0.05, 0) is 0 Å². The van der Waals surface area contributed by atoms with E-state index in [1.54, 1.807) is 0 Å². The van der Waals surface area contributed by atoms with Crippen molar-refractivity contribution in [3.8, 4) is 11.1 Å². The quantitative estimate of drug-likeness (QED) is 0.177. The predicted molar refractivity (Wildman–Crippen MR) is 176 cm³/mol. The molecule has 3 aliphatic rings. The molecule has 0 N–H and O–H groups in total. The van der Waals surface area contributed by atoms with Crippen LogP contribution in [-0.4, -0.2) is 20.7 Å². The van der Waals surface area contributed by atoms with E-state index < -0.39 is 5.41 Å². The maximum atomic E-state index is 14.0. The number of fused-ring (bicyclic) bond motifs is 10. The molecular weight excluding hydrogens is 589 g/mol. The van der Waals surface area contributed by atoms with E-state index in [0.29, 0.717) is 0 Å². The Labute approximate surface area is 257 Å². The Morgan fingerprint density at radius 3 is 1.91 bits per heavy atom. The fourth-order valence-corrected chi connectivity index (χ4v) is 10.1. The summed E-state index contributed by atoms with van der Waals surface area (Å²) in [6.45, 7) is 4.41. The third-order valence-corrected chi connectivity index (χ3v) is 11.9. The van der Waals surface area contributed by atoms with Crippen LogP contribution < -0.4 is 13.8 Å². The number of hydrogen-bond acceptors (Lipinski definition) is 2. The first-order valence-corrected chi connectivity index (χ1v) is 16.5. The fourth-order valence-electron chi connectivity index (χ4n) is 7.85. The molecule has 6 aromatic rings. The van der Waals surface area contributed by atoms with Gasteiger partial charge in [-0.15, -0.1) is 0 Å². The zero-order valence-corrected chi connectivity index (χ0v) is 25.6. The van der Waals surface area contributed by atoms with Crippen molar-refractivity contribution in [2.75, 3.05) is 4.90 Å². The summed E-state index contributed by atoms with van der Waals surface area (Å²) >= 11 is 0.158. The summed E-state index contributed by atoms with van der Waals surface area (Å²) in [6.07, 6.45) is 0. The second kappa shape index (κ2) is 8.91. The van der Waals surface area contributed by atoms with Gasteiger partial charge >= 0.3 is 259 Å². The zero-order valence-electron chi connectivity index (χ0n) is 23.9. The molecule has 0 unspecified atom stereocenters. The summed E-state index contributed by atoms with van der Waals surface area (Å²) in [5, 5.41) is 0. The standard InChI is InChI=1S/C40H27NOSe/c1-24-11-9-12-25(2)37(24)26-21-22-31-34(23-26)41-33-18-7-8-19-35(33)43-36-20-10-17-32(38(36)41)40(31)29-15-5-3-13-27(29)39(42)28-14-4-6-16-30(28)40/h3-23H,1-2H3. The van der Waals surface area contributed by atoms with Gasteiger partial charge in [0.15, 0.2) is 0 Å². The van der Waals surface area contributed by atoms with Gasteiger partial charge in [-0.25, -0.2) is 0 Å². The number of para-hydroxylation sites is 2. The number of aryl methyl sites for hydroxylation is 2. The van der Waals surface area contributed by atoms with Crippen LogP contribution in [0, 0.1) is 13.8 Å². The van der Waals surface area contributed by atoms with E-state index >= 15 is 0 Å². The molecule has 0 aromatic heterocycles. The van der Waals surface area contributed by atoms with Gasteiger partial charge < -0.3 is 0 Å². The third kappa shape index (κ3) is 3.16. The summed E-state index contributed by atoms with van der Waals surface area (Å²) in [5.41, 5.74) is 14.3. The van der Waals surface area contributed by atoms with Crippen LogP contribution in [0.15, 0.2) is 127 Å². The van der Waals surface area contributed by atoms with Crippen LogP contribution in [0.4, 0.5) is 17.1 Å². The van der Waals surface area contributed by atoms with E-state index in [4.69, 9.17) is 0 Å². The zero-order chi connectivity index (χ0) is 28.9. The minimum atomic E-state index is -0.625. The molecule has 0 saturated heterocycles. The molecule has 43 heavy (non-hydrogen) atoms. The number of benzene rings is 6. The summed E-state index contributed by atoms with van der Waals surface area (Å²) in [5.74, 6) is 0.104. The van der Waals surface area contributed by atoms with Gasteiger partial charge in [-0.2, -0.15) is 0 Å². The van der Waals surface area contributed by atoms with E-state index in [2.05, 4.69) is 122 Å². The van der Waals surface area contributed by atoms with Gasteiger partial charge in [0.1, 0.15) is 0 Å². The van der Waals surface area contributed by atoms with Crippen LogP contribution in [0.3, 0.4) is 0 Å². The molecule has 0 atom stereocenters. The molecule has 0 saturated carbocycles. The predicted octanol–water partition coefficient (Wildman–Crippen LogP) is 7.65. The van der Waals surface area contributed by atoms with E-state index in [1.165, 1.54) is 59.4 Å². The maximum absolute atomic E-state index is 14.0. The SMILES string of the molecule is Cc1cccc(C)c1-c1ccc2c(c1)N1c3ccccc3[Se]c3cccc(c31)C21c2ccccc2C(=O)c2ccccc21. The van der Waals surface area contributed by atoms with Crippen LogP contribution in [0.1, 0.15) is 49.3 Å². The number of rotatable bonds is 1. The van der Waals surface area contributed by atoms with Gasteiger partial charge in [0, 0.05) is 0 Å². The first kappa shape index (κ1) is 24.9. The molecule has 6 aromatic carbocycles.